The topological polar surface area (TPSA) is 26.3 Å². The van der Waals surface area contributed by atoms with Crippen molar-refractivity contribution in [1.82, 2.24) is 0 Å². The first-order valence-electron chi connectivity index (χ1n) is 3.56. The van der Waals surface area contributed by atoms with E-state index in [2.05, 4.69) is 4.74 Å². The fraction of sp³-hybridized carbons (Fsp3) is 0.857. The van der Waals surface area contributed by atoms with Crippen molar-refractivity contribution in [1.29, 1.82) is 0 Å². The van der Waals surface area contributed by atoms with Gasteiger partial charge in [-0.1, -0.05) is 0 Å². The zero-order valence-electron chi connectivity index (χ0n) is 6.78. The van der Waals surface area contributed by atoms with Crippen LogP contribution in [0.4, 0.5) is 13.2 Å². The van der Waals surface area contributed by atoms with E-state index in [-0.39, 0.29) is 25.4 Å². The molecular weight excluding hydrogens is 173 g/mol. The molecule has 0 aromatic carbocycles. The van der Waals surface area contributed by atoms with E-state index in [0.717, 1.165) is 0 Å². The van der Waals surface area contributed by atoms with E-state index in [1.165, 1.54) is 6.92 Å². The van der Waals surface area contributed by atoms with Crippen LogP contribution in [0.25, 0.3) is 0 Å². The summed E-state index contributed by atoms with van der Waals surface area (Å²) >= 11 is 0. The first-order chi connectivity index (χ1) is 5.42. The predicted molar refractivity (Wildman–Crippen MR) is 36.8 cm³/mol. The van der Waals surface area contributed by atoms with Crippen LogP contribution >= 0.6 is 0 Å². The van der Waals surface area contributed by atoms with Gasteiger partial charge in [0.1, 0.15) is 5.78 Å². The van der Waals surface area contributed by atoms with Crippen LogP contribution in [0.5, 0.6) is 0 Å². The maximum absolute atomic E-state index is 11.5. The van der Waals surface area contributed by atoms with Gasteiger partial charge < -0.3 is 4.74 Å². The number of ketones is 1. The average molecular weight is 184 g/mol. The molecule has 0 N–H and O–H groups in total. The summed E-state index contributed by atoms with van der Waals surface area (Å²) in [4.78, 5) is 10.3. The maximum atomic E-state index is 11.5. The first-order valence-corrected chi connectivity index (χ1v) is 3.56. The van der Waals surface area contributed by atoms with Gasteiger partial charge in [0.15, 0.2) is 0 Å². The molecule has 12 heavy (non-hydrogen) atoms. The molecule has 0 heterocycles. The number of alkyl halides is 3. The minimum absolute atomic E-state index is 0.0748. The molecule has 0 aliphatic heterocycles. The highest BCUT2D eigenvalue weighted by Gasteiger charge is 2.26. The van der Waals surface area contributed by atoms with Gasteiger partial charge in [0.2, 0.25) is 0 Å². The Balaban J connectivity index is 3.17. The Bertz CT molecular complexity index is 142. The molecule has 5 heteroatoms. The van der Waals surface area contributed by atoms with Gasteiger partial charge in [0, 0.05) is 6.42 Å². The summed E-state index contributed by atoms with van der Waals surface area (Å²) in [5.74, 6) is -0.0815. The number of Topliss-reactive ketones (excluding diaryl/α,β-unsaturated/α-hetero) is 1. The summed E-state index contributed by atoms with van der Waals surface area (Å²) in [6.45, 7) is 1.08. The van der Waals surface area contributed by atoms with Gasteiger partial charge in [-0.25, -0.2) is 0 Å². The Labute approximate surface area is 68.7 Å². The highest BCUT2D eigenvalue weighted by atomic mass is 19.4. The van der Waals surface area contributed by atoms with Crippen molar-refractivity contribution in [3.05, 3.63) is 0 Å². The van der Waals surface area contributed by atoms with Crippen LogP contribution in [0.2, 0.25) is 0 Å². The minimum Gasteiger partial charge on any atom is -0.381 e. The fourth-order valence-electron chi connectivity index (χ4n) is 0.506. The summed E-state index contributed by atoms with van der Waals surface area (Å²) < 4.78 is 39.1. The molecule has 0 aliphatic carbocycles. The van der Waals surface area contributed by atoms with Crippen molar-refractivity contribution in [2.75, 3.05) is 13.2 Å². The van der Waals surface area contributed by atoms with Crippen molar-refractivity contribution in [3.8, 4) is 0 Å². The molecule has 0 aromatic heterocycles. The standard InChI is InChI=1S/C7H11F3O2/c1-6(11)2-4-12-5-3-7(8,9)10/h2-5H2,1H3. The number of hydrogen-bond acceptors (Lipinski definition) is 2. The number of hydrogen-bond donors (Lipinski definition) is 0. The van der Waals surface area contributed by atoms with E-state index in [9.17, 15) is 18.0 Å². The van der Waals surface area contributed by atoms with Crippen LogP contribution in [-0.2, 0) is 9.53 Å². The highest BCUT2D eigenvalue weighted by Crippen LogP contribution is 2.18. The lowest BCUT2D eigenvalue weighted by atomic mass is 10.3. The van der Waals surface area contributed by atoms with Crippen molar-refractivity contribution in [2.45, 2.75) is 25.9 Å². The van der Waals surface area contributed by atoms with Gasteiger partial charge in [-0.3, -0.25) is 4.79 Å². The number of rotatable bonds is 5. The molecule has 0 fully saturated rings. The number of carbonyl (C=O) groups is 1. The smallest absolute Gasteiger partial charge is 0.381 e. The fourth-order valence-corrected chi connectivity index (χ4v) is 0.506. The van der Waals surface area contributed by atoms with Crippen LogP contribution in [0, 0.1) is 0 Å². The van der Waals surface area contributed by atoms with E-state index in [4.69, 9.17) is 0 Å². The Kier molecular flexibility index (Phi) is 4.89. The SMILES string of the molecule is CC(=O)CCOCCC(F)(F)F. The molecule has 0 spiro atoms. The molecule has 2 nitrogen and oxygen atoms in total. The van der Waals surface area contributed by atoms with E-state index in [1.54, 1.807) is 0 Å². The average Bonchev–Trinajstić information content (AvgIpc) is 1.83. The lowest BCUT2D eigenvalue weighted by Crippen LogP contribution is -2.12. The van der Waals surface area contributed by atoms with Gasteiger partial charge in [-0.05, 0) is 6.92 Å². The summed E-state index contributed by atoms with van der Waals surface area (Å²) in [7, 11) is 0. The number of carbonyl (C=O) groups excluding carboxylic acids is 1. The predicted octanol–water partition coefficient (Wildman–Crippen LogP) is 1.93. The molecule has 0 saturated heterocycles. The van der Waals surface area contributed by atoms with E-state index in [1.807, 2.05) is 0 Å². The molecule has 0 atom stereocenters. The van der Waals surface area contributed by atoms with E-state index in [0.29, 0.717) is 0 Å². The quantitative estimate of drug-likeness (QED) is 0.610. The zero-order chi connectivity index (χ0) is 9.61. The number of ether oxygens (including phenoxy) is 1. The molecule has 0 aromatic rings. The van der Waals surface area contributed by atoms with Crippen molar-refractivity contribution >= 4 is 5.78 Å². The van der Waals surface area contributed by atoms with E-state index < -0.39 is 12.6 Å². The zero-order valence-corrected chi connectivity index (χ0v) is 6.78. The normalized spacial score (nSPS) is 11.7. The monoisotopic (exact) mass is 184 g/mol. The Morgan fingerprint density at radius 2 is 1.92 bits per heavy atom. The van der Waals surface area contributed by atoms with Gasteiger partial charge in [-0.15, -0.1) is 0 Å². The largest absolute Gasteiger partial charge is 0.391 e. The lowest BCUT2D eigenvalue weighted by Gasteiger charge is -2.05. The van der Waals surface area contributed by atoms with Crippen molar-refractivity contribution in [2.24, 2.45) is 0 Å². The van der Waals surface area contributed by atoms with Crippen LogP contribution in [0.1, 0.15) is 19.8 Å². The molecule has 72 valence electrons. The first kappa shape index (κ1) is 11.4. The van der Waals surface area contributed by atoms with Gasteiger partial charge >= 0.3 is 6.18 Å². The van der Waals surface area contributed by atoms with Gasteiger partial charge in [0.05, 0.1) is 19.6 Å². The van der Waals surface area contributed by atoms with Crippen molar-refractivity contribution in [3.63, 3.8) is 0 Å². The van der Waals surface area contributed by atoms with Crippen LogP contribution in [0.3, 0.4) is 0 Å². The molecule has 0 radical (unpaired) electrons. The van der Waals surface area contributed by atoms with Gasteiger partial charge in [-0.2, -0.15) is 13.2 Å². The van der Waals surface area contributed by atoms with Crippen LogP contribution in [-0.4, -0.2) is 25.2 Å². The Hall–Kier alpha value is -0.580. The second-order valence-corrected chi connectivity index (χ2v) is 2.43. The second kappa shape index (κ2) is 5.13. The van der Waals surface area contributed by atoms with E-state index >= 15 is 0 Å². The lowest BCUT2D eigenvalue weighted by molar-refractivity contribution is -0.145. The second-order valence-electron chi connectivity index (χ2n) is 2.43. The third kappa shape index (κ3) is 9.42. The minimum atomic E-state index is -4.17. The van der Waals surface area contributed by atoms with Gasteiger partial charge in [0.25, 0.3) is 0 Å². The molecule has 0 amide bonds. The summed E-state index contributed by atoms with van der Waals surface area (Å²) in [5, 5.41) is 0. The van der Waals surface area contributed by atoms with Crippen LogP contribution in [0.15, 0.2) is 0 Å². The Morgan fingerprint density at radius 3 is 2.33 bits per heavy atom. The third-order valence-electron chi connectivity index (χ3n) is 1.13. The summed E-state index contributed by atoms with van der Waals surface area (Å²) in [6, 6.07) is 0. The maximum Gasteiger partial charge on any atom is 0.391 e. The molecule has 0 saturated carbocycles. The highest BCUT2D eigenvalue weighted by molar-refractivity contribution is 5.75. The molecule has 0 aliphatic rings. The number of halogens is 3. The van der Waals surface area contributed by atoms with Crippen LogP contribution < -0.4 is 0 Å². The molecule has 0 rings (SSSR count). The molecular formula is C7H11F3O2. The summed E-state index contributed by atoms with van der Waals surface area (Å²) in [5.41, 5.74) is 0. The molecule has 0 bridgehead atoms. The third-order valence-corrected chi connectivity index (χ3v) is 1.13. The Morgan fingerprint density at radius 1 is 1.33 bits per heavy atom. The molecule has 0 unspecified atom stereocenters. The van der Waals surface area contributed by atoms with Crippen molar-refractivity contribution < 1.29 is 22.7 Å². The summed E-state index contributed by atoms with van der Waals surface area (Å²) in [6.07, 6.45) is -4.95.